The molecule has 0 radical (unpaired) electrons. The van der Waals surface area contributed by atoms with Gasteiger partial charge in [0.15, 0.2) is 5.75 Å². The second-order valence-corrected chi connectivity index (χ2v) is 7.00. The fourth-order valence-electron chi connectivity index (χ4n) is 2.30. The molecule has 0 unspecified atom stereocenters. The SMILES string of the molecule is C#C.CC.Cn1c(=O)c(Oc2ccc(Cl)cc2)cc2cnc(NCC(C)(C)O)nc21. The standard InChI is InChI=1S/C18H19ClN4O3.C2H6.C2H2/c1-18(2,25)10-21-17-20-9-11-8-14(16(24)23(3)15(11)22-17)26-13-6-4-12(19)5-7-13;2*1-2/h4-9,25H,10H2,1-3H3,(H,20,21,22);1-2H3;1-2H. The molecule has 0 spiro atoms. The van der Waals surface area contributed by atoms with E-state index in [1.165, 1.54) is 4.57 Å². The van der Waals surface area contributed by atoms with E-state index >= 15 is 0 Å². The fraction of sp³-hybridized carbons (Fsp3) is 0.318. The van der Waals surface area contributed by atoms with Crippen LogP contribution in [-0.4, -0.2) is 31.8 Å². The molecule has 2 aromatic heterocycles. The molecule has 0 aliphatic rings. The van der Waals surface area contributed by atoms with Gasteiger partial charge in [0.05, 0.1) is 5.60 Å². The molecule has 3 aromatic rings. The molecule has 30 heavy (non-hydrogen) atoms. The first-order valence-corrected chi connectivity index (χ1v) is 9.70. The Hall–Kier alpha value is -3.08. The highest BCUT2D eigenvalue weighted by Gasteiger charge is 2.14. The Bertz CT molecular complexity index is 1040. The van der Waals surface area contributed by atoms with E-state index in [-0.39, 0.29) is 17.9 Å². The van der Waals surface area contributed by atoms with Gasteiger partial charge in [-0.1, -0.05) is 25.4 Å². The fourth-order valence-corrected chi connectivity index (χ4v) is 2.43. The molecule has 0 fully saturated rings. The quantitative estimate of drug-likeness (QED) is 0.589. The smallest absolute Gasteiger partial charge is 0.294 e. The molecule has 7 nitrogen and oxygen atoms in total. The molecule has 0 aliphatic heterocycles. The minimum absolute atomic E-state index is 0.170. The summed E-state index contributed by atoms with van der Waals surface area (Å²) in [4.78, 5) is 21.1. The number of aryl methyl sites for hydroxylation is 1. The van der Waals surface area contributed by atoms with Crippen LogP contribution in [0.15, 0.2) is 41.3 Å². The minimum atomic E-state index is -0.902. The Morgan fingerprint density at radius 3 is 2.40 bits per heavy atom. The van der Waals surface area contributed by atoms with Crippen LogP contribution in [0.5, 0.6) is 11.5 Å². The van der Waals surface area contributed by atoms with Crippen LogP contribution >= 0.6 is 11.6 Å². The van der Waals surface area contributed by atoms with E-state index in [1.54, 1.807) is 57.4 Å². The van der Waals surface area contributed by atoms with Gasteiger partial charge in [-0.05, 0) is 44.2 Å². The number of terminal acetylenes is 1. The van der Waals surface area contributed by atoms with Gasteiger partial charge >= 0.3 is 0 Å². The Morgan fingerprint density at radius 1 is 1.23 bits per heavy atom. The van der Waals surface area contributed by atoms with E-state index in [0.29, 0.717) is 27.8 Å². The average Bonchev–Trinajstić information content (AvgIpc) is 2.74. The van der Waals surface area contributed by atoms with Crippen molar-refractivity contribution in [2.24, 2.45) is 7.05 Å². The summed E-state index contributed by atoms with van der Waals surface area (Å²) < 4.78 is 7.08. The zero-order valence-corrected chi connectivity index (χ0v) is 18.6. The van der Waals surface area contributed by atoms with Gasteiger partial charge in [-0.3, -0.25) is 9.36 Å². The summed E-state index contributed by atoms with van der Waals surface area (Å²) in [5, 5.41) is 14.0. The zero-order chi connectivity index (χ0) is 22.9. The maximum atomic E-state index is 12.6. The largest absolute Gasteiger partial charge is 0.452 e. The molecule has 2 N–H and O–H groups in total. The van der Waals surface area contributed by atoms with Crippen molar-refractivity contribution in [2.75, 3.05) is 11.9 Å². The Morgan fingerprint density at radius 2 is 1.83 bits per heavy atom. The first-order chi connectivity index (χ1) is 14.2. The molecule has 0 atom stereocenters. The third-order valence-corrected chi connectivity index (χ3v) is 3.89. The molecule has 0 bridgehead atoms. The number of pyridine rings is 1. The van der Waals surface area contributed by atoms with E-state index in [9.17, 15) is 9.90 Å². The van der Waals surface area contributed by atoms with Crippen LogP contribution in [0.3, 0.4) is 0 Å². The van der Waals surface area contributed by atoms with E-state index < -0.39 is 5.60 Å². The highest BCUT2D eigenvalue weighted by molar-refractivity contribution is 6.30. The van der Waals surface area contributed by atoms with Crippen molar-refractivity contribution in [1.29, 1.82) is 0 Å². The lowest BCUT2D eigenvalue weighted by molar-refractivity contribution is 0.0943. The van der Waals surface area contributed by atoms with Crippen LogP contribution in [-0.2, 0) is 7.05 Å². The molecular weight excluding hydrogens is 404 g/mol. The third kappa shape index (κ3) is 6.76. The van der Waals surface area contributed by atoms with E-state index in [1.807, 2.05) is 13.8 Å². The lowest BCUT2D eigenvalue weighted by Crippen LogP contribution is -2.30. The molecule has 8 heteroatoms. The molecule has 3 rings (SSSR count). The van der Waals surface area contributed by atoms with Gasteiger partial charge in [-0.15, -0.1) is 12.8 Å². The predicted molar refractivity (Wildman–Crippen MR) is 122 cm³/mol. The maximum Gasteiger partial charge on any atom is 0.294 e. The summed E-state index contributed by atoms with van der Waals surface area (Å²) in [7, 11) is 1.62. The number of aromatic nitrogens is 3. The number of nitrogens with one attached hydrogen (secondary N) is 1. The lowest BCUT2D eigenvalue weighted by Gasteiger charge is -2.17. The zero-order valence-electron chi connectivity index (χ0n) is 17.8. The predicted octanol–water partition coefficient (Wildman–Crippen LogP) is 4.23. The third-order valence-electron chi connectivity index (χ3n) is 3.64. The van der Waals surface area contributed by atoms with Gasteiger partial charge in [-0.25, -0.2) is 4.98 Å². The van der Waals surface area contributed by atoms with Gasteiger partial charge in [0, 0.05) is 30.2 Å². The number of anilines is 1. The summed E-state index contributed by atoms with van der Waals surface area (Å²) in [6.07, 6.45) is 9.60. The highest BCUT2D eigenvalue weighted by Crippen LogP contribution is 2.23. The molecular formula is C22H27ClN4O3. The van der Waals surface area contributed by atoms with E-state index in [0.717, 1.165) is 0 Å². The van der Waals surface area contributed by atoms with Crippen LogP contribution in [0.25, 0.3) is 11.0 Å². The van der Waals surface area contributed by atoms with Crippen molar-refractivity contribution in [1.82, 2.24) is 14.5 Å². The summed E-state index contributed by atoms with van der Waals surface area (Å²) in [6.45, 7) is 7.64. The summed E-state index contributed by atoms with van der Waals surface area (Å²) in [5.41, 5.74) is -0.758. The molecule has 0 saturated carbocycles. The second-order valence-electron chi connectivity index (χ2n) is 6.57. The number of halogens is 1. The Balaban J connectivity index is 0.00000106. The Kier molecular flexibility index (Phi) is 9.31. The van der Waals surface area contributed by atoms with Gasteiger partial charge in [0.25, 0.3) is 5.56 Å². The Labute approximate surface area is 181 Å². The van der Waals surface area contributed by atoms with Crippen molar-refractivity contribution in [3.63, 3.8) is 0 Å². The number of nitrogens with zero attached hydrogens (tertiary/aromatic N) is 3. The monoisotopic (exact) mass is 430 g/mol. The molecule has 0 aliphatic carbocycles. The van der Waals surface area contributed by atoms with Crippen molar-refractivity contribution in [3.8, 4) is 24.3 Å². The number of aliphatic hydroxyl groups is 1. The topological polar surface area (TPSA) is 89.3 Å². The van der Waals surface area contributed by atoms with Crippen molar-refractivity contribution in [2.45, 2.75) is 33.3 Å². The van der Waals surface area contributed by atoms with Crippen LogP contribution in [0.2, 0.25) is 5.02 Å². The van der Waals surface area contributed by atoms with Gasteiger partial charge < -0.3 is 15.2 Å². The highest BCUT2D eigenvalue weighted by atomic mass is 35.5. The van der Waals surface area contributed by atoms with Crippen molar-refractivity contribution < 1.29 is 9.84 Å². The first-order valence-electron chi connectivity index (χ1n) is 9.33. The minimum Gasteiger partial charge on any atom is -0.452 e. The van der Waals surface area contributed by atoms with E-state index in [4.69, 9.17) is 16.3 Å². The second kappa shape index (κ2) is 11.2. The van der Waals surface area contributed by atoms with Crippen molar-refractivity contribution in [3.05, 3.63) is 51.9 Å². The van der Waals surface area contributed by atoms with Crippen LogP contribution in [0, 0.1) is 12.8 Å². The maximum absolute atomic E-state index is 12.6. The molecule has 1 aromatic carbocycles. The molecule has 0 saturated heterocycles. The summed E-state index contributed by atoms with van der Waals surface area (Å²) in [6, 6.07) is 8.35. The summed E-state index contributed by atoms with van der Waals surface area (Å²) >= 11 is 5.86. The number of benzene rings is 1. The normalized spacial score (nSPS) is 10.3. The first kappa shape index (κ1) is 25.0. The average molecular weight is 431 g/mol. The van der Waals surface area contributed by atoms with Crippen LogP contribution in [0.4, 0.5) is 5.95 Å². The molecule has 2 heterocycles. The van der Waals surface area contributed by atoms with Crippen LogP contribution in [0.1, 0.15) is 27.7 Å². The van der Waals surface area contributed by atoms with Crippen LogP contribution < -0.4 is 15.6 Å². The van der Waals surface area contributed by atoms with Gasteiger partial charge in [0.2, 0.25) is 5.95 Å². The van der Waals surface area contributed by atoms with Crippen molar-refractivity contribution >= 4 is 28.6 Å². The molecule has 160 valence electrons. The number of fused-ring (bicyclic) bond motifs is 1. The van der Waals surface area contributed by atoms with E-state index in [2.05, 4.69) is 28.1 Å². The number of hydrogen-bond acceptors (Lipinski definition) is 6. The van der Waals surface area contributed by atoms with Gasteiger partial charge in [0.1, 0.15) is 11.4 Å². The lowest BCUT2D eigenvalue weighted by atomic mass is 10.1. The number of ether oxygens (including phenoxy) is 1. The molecule has 0 amide bonds. The van der Waals surface area contributed by atoms with Gasteiger partial charge in [-0.2, -0.15) is 4.98 Å². The number of hydrogen-bond donors (Lipinski definition) is 2. The summed E-state index contributed by atoms with van der Waals surface area (Å²) in [5.74, 6) is 1.01. The number of rotatable bonds is 5.